The van der Waals surface area contributed by atoms with Crippen molar-refractivity contribution in [2.45, 2.75) is 25.8 Å². The number of aryl methyl sites for hydroxylation is 2. The summed E-state index contributed by atoms with van der Waals surface area (Å²) in [6.45, 7) is 1.85. The predicted octanol–water partition coefficient (Wildman–Crippen LogP) is 3.00. The summed E-state index contributed by atoms with van der Waals surface area (Å²) in [5.41, 5.74) is 10.5. The van der Waals surface area contributed by atoms with Gasteiger partial charge in [0.05, 0.1) is 28.4 Å². The normalized spacial score (nSPS) is 15.3. The van der Waals surface area contributed by atoms with Gasteiger partial charge in [0.25, 0.3) is 0 Å². The van der Waals surface area contributed by atoms with Crippen LogP contribution in [0.4, 0.5) is 0 Å². The topological polar surface area (TPSA) is 80.0 Å². The van der Waals surface area contributed by atoms with Crippen LogP contribution in [0.2, 0.25) is 0 Å². The van der Waals surface area contributed by atoms with Crippen LogP contribution < -0.4 is 30.1 Å². The van der Waals surface area contributed by atoms with E-state index in [-0.39, 0.29) is 11.5 Å². The lowest BCUT2D eigenvalue weighted by Crippen LogP contribution is -2.12. The Morgan fingerprint density at radius 2 is 1.59 bits per heavy atom. The Labute approximate surface area is 158 Å². The van der Waals surface area contributed by atoms with Gasteiger partial charge in [0.1, 0.15) is 0 Å². The van der Waals surface area contributed by atoms with Crippen LogP contribution in [0.15, 0.2) is 23.0 Å². The van der Waals surface area contributed by atoms with Gasteiger partial charge in [-0.15, -0.1) is 0 Å². The van der Waals surface area contributed by atoms with Crippen molar-refractivity contribution in [1.29, 1.82) is 0 Å². The average molecular weight is 371 g/mol. The lowest BCUT2D eigenvalue weighted by molar-refractivity contribution is 0.324. The lowest BCUT2D eigenvalue weighted by Gasteiger charge is -2.19. The highest BCUT2D eigenvalue weighted by Crippen LogP contribution is 2.50. The number of methoxy groups -OCH3 is 4. The second-order valence-corrected chi connectivity index (χ2v) is 6.56. The molecule has 2 N–H and O–H groups in total. The lowest BCUT2D eigenvalue weighted by atomic mass is 9.95. The van der Waals surface area contributed by atoms with Crippen molar-refractivity contribution in [1.82, 2.24) is 0 Å². The predicted molar refractivity (Wildman–Crippen MR) is 104 cm³/mol. The van der Waals surface area contributed by atoms with Gasteiger partial charge in [0.15, 0.2) is 17.2 Å². The molecule has 0 unspecified atom stereocenters. The van der Waals surface area contributed by atoms with Gasteiger partial charge in [0.2, 0.25) is 11.2 Å². The molecule has 1 aliphatic carbocycles. The van der Waals surface area contributed by atoms with Crippen LogP contribution in [0.1, 0.15) is 29.2 Å². The molecular weight excluding hydrogens is 346 g/mol. The third-order valence-corrected chi connectivity index (χ3v) is 5.05. The van der Waals surface area contributed by atoms with E-state index in [9.17, 15) is 4.79 Å². The number of benzene rings is 1. The molecule has 27 heavy (non-hydrogen) atoms. The second kappa shape index (κ2) is 7.48. The van der Waals surface area contributed by atoms with Crippen molar-refractivity contribution in [2.24, 2.45) is 5.73 Å². The smallest absolute Gasteiger partial charge is 0.220 e. The van der Waals surface area contributed by atoms with Crippen molar-refractivity contribution in [2.75, 3.05) is 28.4 Å². The van der Waals surface area contributed by atoms with Gasteiger partial charge in [-0.1, -0.05) is 0 Å². The highest BCUT2D eigenvalue weighted by molar-refractivity contribution is 5.83. The fraction of sp³-hybridized carbons (Fsp3) is 0.381. The highest BCUT2D eigenvalue weighted by atomic mass is 16.5. The van der Waals surface area contributed by atoms with E-state index in [1.165, 1.54) is 7.11 Å². The molecule has 0 heterocycles. The third kappa shape index (κ3) is 3.10. The van der Waals surface area contributed by atoms with E-state index < -0.39 is 0 Å². The van der Waals surface area contributed by atoms with Gasteiger partial charge in [-0.05, 0) is 60.2 Å². The van der Waals surface area contributed by atoms with Gasteiger partial charge in [0, 0.05) is 11.6 Å². The molecule has 6 nitrogen and oxygen atoms in total. The number of rotatable bonds is 4. The number of nitrogens with two attached hydrogens (primary N) is 1. The first-order valence-electron chi connectivity index (χ1n) is 8.77. The first kappa shape index (κ1) is 19.0. The fourth-order valence-electron chi connectivity index (χ4n) is 3.79. The Morgan fingerprint density at radius 1 is 0.926 bits per heavy atom. The van der Waals surface area contributed by atoms with Gasteiger partial charge >= 0.3 is 0 Å². The van der Waals surface area contributed by atoms with Crippen LogP contribution in [-0.2, 0) is 6.42 Å². The minimum Gasteiger partial charge on any atom is -0.493 e. The first-order valence-corrected chi connectivity index (χ1v) is 8.77. The molecule has 0 spiro atoms. The monoisotopic (exact) mass is 371 g/mol. The summed E-state index contributed by atoms with van der Waals surface area (Å²) in [7, 11) is 6.26. The number of hydrogen-bond acceptors (Lipinski definition) is 6. The Morgan fingerprint density at radius 3 is 2.19 bits per heavy atom. The van der Waals surface area contributed by atoms with E-state index >= 15 is 0 Å². The van der Waals surface area contributed by atoms with Crippen LogP contribution in [0, 0.1) is 6.92 Å². The Kier molecular flexibility index (Phi) is 5.28. The van der Waals surface area contributed by atoms with Crippen LogP contribution in [0.5, 0.6) is 23.0 Å². The second-order valence-electron chi connectivity index (χ2n) is 6.56. The minimum absolute atomic E-state index is 0.186. The van der Waals surface area contributed by atoms with Crippen LogP contribution in [-0.4, -0.2) is 28.4 Å². The molecule has 6 heteroatoms. The maximum atomic E-state index is 12.6. The summed E-state index contributed by atoms with van der Waals surface area (Å²) in [6.07, 6.45) is 1.43. The molecule has 0 saturated heterocycles. The van der Waals surface area contributed by atoms with Crippen molar-refractivity contribution in [3.63, 3.8) is 0 Å². The van der Waals surface area contributed by atoms with Crippen LogP contribution >= 0.6 is 0 Å². The van der Waals surface area contributed by atoms with E-state index in [1.807, 2.05) is 19.1 Å². The molecule has 144 valence electrons. The van der Waals surface area contributed by atoms with Gasteiger partial charge in [-0.2, -0.15) is 0 Å². The van der Waals surface area contributed by atoms with E-state index in [1.54, 1.807) is 27.4 Å². The van der Waals surface area contributed by atoms with Crippen molar-refractivity contribution in [3.8, 4) is 34.1 Å². The minimum atomic E-state index is -0.279. The molecule has 0 fully saturated rings. The molecule has 1 aliphatic rings. The molecule has 0 aliphatic heterocycles. The molecule has 3 rings (SSSR count). The van der Waals surface area contributed by atoms with Crippen molar-refractivity contribution < 1.29 is 18.9 Å². The molecule has 2 aromatic rings. The molecule has 0 amide bonds. The van der Waals surface area contributed by atoms with Crippen LogP contribution in [0.25, 0.3) is 11.1 Å². The molecule has 2 aromatic carbocycles. The summed E-state index contributed by atoms with van der Waals surface area (Å²) in [5, 5.41) is 0. The van der Waals surface area contributed by atoms with Crippen LogP contribution in [0.3, 0.4) is 0 Å². The number of fused-ring (bicyclic) bond motifs is 3. The maximum absolute atomic E-state index is 12.6. The SMILES string of the molecule is COc1cc2c(c(OC)c1OC)-c1cc(C)c(OC)c(=O)cc1[C@@H](N)CC2. The largest absolute Gasteiger partial charge is 0.493 e. The third-order valence-electron chi connectivity index (χ3n) is 5.05. The van der Waals surface area contributed by atoms with E-state index in [0.29, 0.717) is 29.4 Å². The fourth-order valence-corrected chi connectivity index (χ4v) is 3.79. The summed E-state index contributed by atoms with van der Waals surface area (Å²) >= 11 is 0. The quantitative estimate of drug-likeness (QED) is 0.890. The van der Waals surface area contributed by atoms with E-state index in [0.717, 1.165) is 34.2 Å². The molecule has 0 saturated carbocycles. The average Bonchev–Trinajstić information content (AvgIpc) is 2.87. The van der Waals surface area contributed by atoms with E-state index in [4.69, 9.17) is 24.7 Å². The summed E-state index contributed by atoms with van der Waals surface area (Å²) in [4.78, 5) is 12.6. The van der Waals surface area contributed by atoms with Crippen molar-refractivity contribution >= 4 is 0 Å². The maximum Gasteiger partial charge on any atom is 0.220 e. The summed E-state index contributed by atoms with van der Waals surface area (Å²) in [6, 6.07) is 5.19. The molecule has 1 atom stereocenters. The molecule has 0 radical (unpaired) electrons. The zero-order valence-corrected chi connectivity index (χ0v) is 16.3. The Balaban J connectivity index is 2.48. The van der Waals surface area contributed by atoms with Gasteiger partial charge in [-0.3, -0.25) is 4.79 Å². The van der Waals surface area contributed by atoms with E-state index in [2.05, 4.69) is 0 Å². The highest BCUT2D eigenvalue weighted by Gasteiger charge is 2.28. The van der Waals surface area contributed by atoms with Gasteiger partial charge in [-0.25, -0.2) is 0 Å². The summed E-state index contributed by atoms with van der Waals surface area (Å²) in [5.74, 6) is 2.00. The molecular formula is C21H25NO5. The Hall–Kier alpha value is -2.73. The van der Waals surface area contributed by atoms with Crippen molar-refractivity contribution in [3.05, 3.63) is 45.1 Å². The number of ether oxygens (including phenoxy) is 4. The Bertz CT molecular complexity index is 939. The zero-order chi connectivity index (χ0) is 19.7. The summed E-state index contributed by atoms with van der Waals surface area (Å²) < 4.78 is 22.1. The zero-order valence-electron chi connectivity index (χ0n) is 16.3. The van der Waals surface area contributed by atoms with Gasteiger partial charge < -0.3 is 24.7 Å². The molecule has 0 bridgehead atoms. The standard InChI is InChI=1S/C21H25NO5/c1-11-8-14-13(10-16(23)19(11)25-3)15(22)7-6-12-9-17(24-2)20(26-4)21(27-5)18(12)14/h8-10,15H,6-7,22H2,1-5H3/t15-/m0/s1. The molecule has 0 aromatic heterocycles. The number of hydrogen-bond donors (Lipinski definition) is 1. The first-order chi connectivity index (χ1) is 13.0.